The molecule has 0 fully saturated rings. The first-order valence-electron chi connectivity index (χ1n) is 4.90. The fourth-order valence-electron chi connectivity index (χ4n) is 1.30. The smallest absolute Gasteiger partial charge is 0.349 e. The topological polar surface area (TPSA) is 74.7 Å². The van der Waals surface area contributed by atoms with Gasteiger partial charge in [-0.3, -0.25) is 0 Å². The van der Waals surface area contributed by atoms with Gasteiger partial charge in [-0.05, 0) is 30.3 Å². The number of hydrogen-bond donors (Lipinski definition) is 1. The van der Waals surface area contributed by atoms with Gasteiger partial charge in [-0.15, -0.1) is 0 Å². The maximum atomic E-state index is 11.7. The second-order valence-electron chi connectivity index (χ2n) is 3.26. The molecule has 2 N–H and O–H groups in total. The summed E-state index contributed by atoms with van der Waals surface area (Å²) in [6.45, 7) is 0. The molecule has 0 aliphatic heterocycles. The third kappa shape index (κ3) is 2.39. The molecule has 5 heteroatoms. The van der Waals surface area contributed by atoms with Gasteiger partial charge in [0, 0.05) is 0 Å². The molecule has 0 atom stereocenters. The van der Waals surface area contributed by atoms with Crippen LogP contribution in [0.15, 0.2) is 41.0 Å². The Labute approximate surface area is 97.7 Å². The number of ether oxygens (including phenoxy) is 2. The van der Waals surface area contributed by atoms with Gasteiger partial charge >= 0.3 is 5.97 Å². The highest BCUT2D eigenvalue weighted by molar-refractivity contribution is 5.95. The first-order chi connectivity index (χ1) is 8.20. The zero-order valence-corrected chi connectivity index (χ0v) is 9.17. The third-order valence-corrected chi connectivity index (χ3v) is 2.19. The molecule has 0 saturated carbocycles. The van der Waals surface area contributed by atoms with Crippen LogP contribution in [-0.2, 0) is 0 Å². The van der Waals surface area contributed by atoms with Crippen molar-refractivity contribution in [2.45, 2.75) is 0 Å². The molecule has 0 spiro atoms. The predicted molar refractivity (Wildman–Crippen MR) is 61.1 cm³/mol. The minimum atomic E-state index is -0.554. The van der Waals surface area contributed by atoms with E-state index in [1.807, 2.05) is 0 Å². The van der Waals surface area contributed by atoms with Crippen LogP contribution in [0.5, 0.6) is 11.5 Å². The second-order valence-corrected chi connectivity index (χ2v) is 3.26. The van der Waals surface area contributed by atoms with Crippen molar-refractivity contribution in [3.8, 4) is 11.5 Å². The molecular weight excluding hydrogens is 222 g/mol. The summed E-state index contributed by atoms with van der Waals surface area (Å²) in [4.78, 5) is 11.7. The lowest BCUT2D eigenvalue weighted by atomic mass is 10.3. The summed E-state index contributed by atoms with van der Waals surface area (Å²) in [7, 11) is 1.56. The van der Waals surface area contributed by atoms with E-state index in [2.05, 4.69) is 0 Å². The monoisotopic (exact) mass is 233 g/mol. The van der Waals surface area contributed by atoms with E-state index in [9.17, 15) is 4.79 Å². The molecule has 0 aliphatic rings. The Morgan fingerprint density at radius 2 is 1.82 bits per heavy atom. The molecular formula is C12H11NO4. The number of esters is 1. The number of methoxy groups -OCH3 is 1. The van der Waals surface area contributed by atoms with Crippen LogP contribution in [0.2, 0.25) is 0 Å². The molecule has 2 aromatic rings. The van der Waals surface area contributed by atoms with Crippen LogP contribution in [0.3, 0.4) is 0 Å². The molecule has 2 rings (SSSR count). The SMILES string of the molecule is COc1ccc(OC(=O)c2ccoc2N)cc1. The van der Waals surface area contributed by atoms with Crippen molar-refractivity contribution in [1.29, 1.82) is 0 Å². The Morgan fingerprint density at radius 1 is 1.18 bits per heavy atom. The van der Waals surface area contributed by atoms with Gasteiger partial charge in [0.1, 0.15) is 17.1 Å². The Balaban J connectivity index is 2.10. The predicted octanol–water partition coefficient (Wildman–Crippen LogP) is 2.09. The van der Waals surface area contributed by atoms with E-state index in [1.165, 1.54) is 12.3 Å². The van der Waals surface area contributed by atoms with Gasteiger partial charge < -0.3 is 19.6 Å². The number of hydrogen-bond acceptors (Lipinski definition) is 5. The second kappa shape index (κ2) is 4.61. The maximum absolute atomic E-state index is 11.7. The molecule has 17 heavy (non-hydrogen) atoms. The summed E-state index contributed by atoms with van der Waals surface area (Å²) in [6.07, 6.45) is 1.33. The van der Waals surface area contributed by atoms with E-state index in [-0.39, 0.29) is 11.4 Å². The Hall–Kier alpha value is -2.43. The number of nitrogen functional groups attached to an aromatic ring is 1. The molecule has 1 aromatic carbocycles. The molecule has 0 bridgehead atoms. The van der Waals surface area contributed by atoms with Crippen molar-refractivity contribution in [3.63, 3.8) is 0 Å². The van der Waals surface area contributed by atoms with Crippen LogP contribution >= 0.6 is 0 Å². The molecule has 1 heterocycles. The number of anilines is 1. The quantitative estimate of drug-likeness (QED) is 0.649. The van der Waals surface area contributed by atoms with Crippen molar-refractivity contribution in [3.05, 3.63) is 42.2 Å². The van der Waals surface area contributed by atoms with E-state index >= 15 is 0 Å². The first-order valence-corrected chi connectivity index (χ1v) is 4.90. The van der Waals surface area contributed by atoms with Crippen LogP contribution in [0.25, 0.3) is 0 Å². The van der Waals surface area contributed by atoms with E-state index in [0.717, 1.165) is 0 Å². The summed E-state index contributed by atoms with van der Waals surface area (Å²) in [5.41, 5.74) is 5.66. The number of benzene rings is 1. The first kappa shape index (κ1) is 11.1. The van der Waals surface area contributed by atoms with Crippen molar-refractivity contribution in [1.82, 2.24) is 0 Å². The van der Waals surface area contributed by atoms with Gasteiger partial charge in [0.25, 0.3) is 0 Å². The molecule has 5 nitrogen and oxygen atoms in total. The summed E-state index contributed by atoms with van der Waals surface area (Å²) < 4.78 is 14.9. The van der Waals surface area contributed by atoms with Crippen molar-refractivity contribution in [2.24, 2.45) is 0 Å². The molecule has 0 unspecified atom stereocenters. The van der Waals surface area contributed by atoms with Crippen molar-refractivity contribution in [2.75, 3.05) is 12.8 Å². The minimum absolute atomic E-state index is 0.0449. The van der Waals surface area contributed by atoms with Gasteiger partial charge in [0.2, 0.25) is 5.88 Å². The zero-order chi connectivity index (χ0) is 12.3. The molecule has 88 valence electrons. The van der Waals surface area contributed by atoms with Crippen LogP contribution in [0, 0.1) is 0 Å². The molecule has 0 amide bonds. The van der Waals surface area contributed by atoms with E-state index < -0.39 is 5.97 Å². The Bertz CT molecular complexity index is 516. The largest absolute Gasteiger partial charge is 0.497 e. The summed E-state index contributed by atoms with van der Waals surface area (Å²) >= 11 is 0. The van der Waals surface area contributed by atoms with Gasteiger partial charge in [-0.1, -0.05) is 0 Å². The lowest BCUT2D eigenvalue weighted by Gasteiger charge is -2.04. The van der Waals surface area contributed by atoms with E-state index in [4.69, 9.17) is 19.6 Å². The summed E-state index contributed by atoms with van der Waals surface area (Å²) in [6, 6.07) is 8.11. The lowest BCUT2D eigenvalue weighted by molar-refractivity contribution is 0.0735. The normalized spacial score (nSPS) is 9.94. The fraction of sp³-hybridized carbons (Fsp3) is 0.0833. The Kier molecular flexibility index (Phi) is 3.00. The minimum Gasteiger partial charge on any atom is -0.497 e. The van der Waals surface area contributed by atoms with Gasteiger partial charge in [0.05, 0.1) is 13.4 Å². The zero-order valence-electron chi connectivity index (χ0n) is 9.17. The molecule has 0 radical (unpaired) electrons. The van der Waals surface area contributed by atoms with Crippen LogP contribution < -0.4 is 15.2 Å². The number of nitrogens with two attached hydrogens (primary N) is 1. The average molecular weight is 233 g/mol. The van der Waals surface area contributed by atoms with Crippen LogP contribution in [0.1, 0.15) is 10.4 Å². The lowest BCUT2D eigenvalue weighted by Crippen LogP contribution is -2.09. The average Bonchev–Trinajstić information content (AvgIpc) is 2.76. The van der Waals surface area contributed by atoms with Crippen molar-refractivity contribution >= 4 is 11.9 Å². The highest BCUT2D eigenvalue weighted by Gasteiger charge is 2.14. The van der Waals surface area contributed by atoms with Crippen LogP contribution in [-0.4, -0.2) is 13.1 Å². The summed E-state index contributed by atoms with van der Waals surface area (Å²) in [5, 5.41) is 0. The number of carbonyl (C=O) groups is 1. The maximum Gasteiger partial charge on any atom is 0.349 e. The highest BCUT2D eigenvalue weighted by atomic mass is 16.5. The van der Waals surface area contributed by atoms with Gasteiger partial charge in [0.15, 0.2) is 0 Å². The Morgan fingerprint density at radius 3 is 2.35 bits per heavy atom. The number of carbonyl (C=O) groups excluding carboxylic acids is 1. The molecule has 1 aromatic heterocycles. The number of rotatable bonds is 3. The van der Waals surface area contributed by atoms with Crippen molar-refractivity contribution < 1.29 is 18.7 Å². The third-order valence-electron chi connectivity index (χ3n) is 2.19. The van der Waals surface area contributed by atoms with Crippen LogP contribution in [0.4, 0.5) is 5.88 Å². The van der Waals surface area contributed by atoms with E-state index in [1.54, 1.807) is 31.4 Å². The van der Waals surface area contributed by atoms with Gasteiger partial charge in [-0.25, -0.2) is 4.79 Å². The summed E-state index contributed by atoms with van der Waals surface area (Å²) in [5.74, 6) is 0.592. The van der Waals surface area contributed by atoms with E-state index in [0.29, 0.717) is 11.5 Å². The molecule has 0 saturated heterocycles. The molecule has 0 aliphatic carbocycles. The van der Waals surface area contributed by atoms with Gasteiger partial charge in [-0.2, -0.15) is 0 Å². The fourth-order valence-corrected chi connectivity index (χ4v) is 1.30. The number of furan rings is 1. The highest BCUT2D eigenvalue weighted by Crippen LogP contribution is 2.20. The standard InChI is InChI=1S/C12H11NO4/c1-15-8-2-4-9(5-3-8)17-12(14)10-6-7-16-11(10)13/h2-7H,13H2,1H3.